The average Bonchev–Trinajstić information content (AvgIpc) is 2.75. The number of phenols is 1. The summed E-state index contributed by atoms with van der Waals surface area (Å²) < 4.78 is 11.1. The van der Waals surface area contributed by atoms with Gasteiger partial charge in [-0.25, -0.2) is 0 Å². The summed E-state index contributed by atoms with van der Waals surface area (Å²) in [5.41, 5.74) is 1.28. The van der Waals surface area contributed by atoms with E-state index < -0.39 is 0 Å². The van der Waals surface area contributed by atoms with Crippen molar-refractivity contribution < 1.29 is 19.4 Å². The Balaban J connectivity index is 1.73. The average molecular weight is 334 g/mol. The lowest BCUT2D eigenvalue weighted by Crippen LogP contribution is -2.14. The van der Waals surface area contributed by atoms with Crippen molar-refractivity contribution in [1.29, 1.82) is 0 Å². The third kappa shape index (κ3) is 3.87. The lowest BCUT2D eigenvalue weighted by atomic mass is 10.1. The Hall–Kier alpha value is -2.40. The van der Waals surface area contributed by atoms with E-state index in [4.69, 9.17) is 21.1 Å². The SMILES string of the molecule is O=C(Cc1ccc(O)cc1)Nc1cc2c(cc1Cl)OCCCO2. The Kier molecular flexibility index (Phi) is 4.57. The van der Waals surface area contributed by atoms with E-state index in [-0.39, 0.29) is 18.1 Å². The predicted molar refractivity (Wildman–Crippen MR) is 87.5 cm³/mol. The number of fused-ring (bicyclic) bond motifs is 1. The summed E-state index contributed by atoms with van der Waals surface area (Å²) in [4.78, 5) is 12.2. The van der Waals surface area contributed by atoms with Crippen molar-refractivity contribution in [2.24, 2.45) is 0 Å². The molecular weight excluding hydrogens is 318 g/mol. The molecule has 0 aliphatic carbocycles. The normalized spacial score (nSPS) is 13.3. The van der Waals surface area contributed by atoms with Crippen LogP contribution in [0.2, 0.25) is 5.02 Å². The largest absolute Gasteiger partial charge is 0.508 e. The van der Waals surface area contributed by atoms with Crippen molar-refractivity contribution in [1.82, 2.24) is 0 Å². The highest BCUT2D eigenvalue weighted by Crippen LogP contribution is 2.37. The van der Waals surface area contributed by atoms with Gasteiger partial charge in [-0.05, 0) is 17.7 Å². The van der Waals surface area contributed by atoms with Gasteiger partial charge in [-0.15, -0.1) is 0 Å². The van der Waals surface area contributed by atoms with Crippen molar-refractivity contribution in [2.75, 3.05) is 18.5 Å². The zero-order valence-electron chi connectivity index (χ0n) is 12.3. The summed E-state index contributed by atoms with van der Waals surface area (Å²) in [5, 5.41) is 12.4. The van der Waals surface area contributed by atoms with E-state index >= 15 is 0 Å². The van der Waals surface area contributed by atoms with Gasteiger partial charge in [-0.3, -0.25) is 4.79 Å². The van der Waals surface area contributed by atoms with E-state index in [0.29, 0.717) is 35.4 Å². The van der Waals surface area contributed by atoms with Crippen LogP contribution in [0, 0.1) is 0 Å². The van der Waals surface area contributed by atoms with Gasteiger partial charge in [-0.2, -0.15) is 0 Å². The molecule has 0 spiro atoms. The fourth-order valence-electron chi connectivity index (χ4n) is 2.27. The molecule has 0 unspecified atom stereocenters. The van der Waals surface area contributed by atoms with Crippen LogP contribution in [0.3, 0.4) is 0 Å². The quantitative estimate of drug-likeness (QED) is 0.903. The molecule has 1 aliphatic heterocycles. The monoisotopic (exact) mass is 333 g/mol. The second-order valence-electron chi connectivity index (χ2n) is 5.22. The highest BCUT2D eigenvalue weighted by Gasteiger charge is 2.15. The number of amides is 1. The minimum absolute atomic E-state index is 0.167. The first-order chi connectivity index (χ1) is 11.1. The first-order valence-electron chi connectivity index (χ1n) is 7.29. The van der Waals surface area contributed by atoms with Crippen LogP contribution in [0.5, 0.6) is 17.2 Å². The third-order valence-corrected chi connectivity index (χ3v) is 3.73. The lowest BCUT2D eigenvalue weighted by molar-refractivity contribution is -0.115. The Morgan fingerprint density at radius 1 is 1.13 bits per heavy atom. The van der Waals surface area contributed by atoms with Crippen LogP contribution in [-0.4, -0.2) is 24.2 Å². The smallest absolute Gasteiger partial charge is 0.228 e. The summed E-state index contributed by atoms with van der Waals surface area (Å²) >= 11 is 6.20. The summed E-state index contributed by atoms with van der Waals surface area (Å²) in [6.07, 6.45) is 0.986. The maximum Gasteiger partial charge on any atom is 0.228 e. The number of rotatable bonds is 3. The number of hydrogen-bond acceptors (Lipinski definition) is 4. The van der Waals surface area contributed by atoms with Crippen LogP contribution >= 0.6 is 11.6 Å². The Bertz CT molecular complexity index is 715. The van der Waals surface area contributed by atoms with Gasteiger partial charge < -0.3 is 19.9 Å². The molecule has 0 fully saturated rings. The van der Waals surface area contributed by atoms with Crippen LogP contribution in [-0.2, 0) is 11.2 Å². The van der Waals surface area contributed by atoms with Gasteiger partial charge >= 0.3 is 0 Å². The standard InChI is InChI=1S/C17H16ClNO4/c18-13-9-15-16(23-7-1-6-22-15)10-14(13)19-17(21)8-11-2-4-12(20)5-3-11/h2-5,9-10,20H,1,6-8H2,(H,19,21). The summed E-state index contributed by atoms with van der Waals surface area (Å²) in [7, 11) is 0. The predicted octanol–water partition coefficient (Wildman–Crippen LogP) is 3.39. The number of halogens is 1. The highest BCUT2D eigenvalue weighted by atomic mass is 35.5. The maximum absolute atomic E-state index is 12.2. The zero-order chi connectivity index (χ0) is 16.2. The molecule has 23 heavy (non-hydrogen) atoms. The second kappa shape index (κ2) is 6.79. The summed E-state index contributed by atoms with van der Waals surface area (Å²) in [6, 6.07) is 9.82. The molecule has 0 saturated carbocycles. The van der Waals surface area contributed by atoms with Crippen LogP contribution < -0.4 is 14.8 Å². The summed E-state index contributed by atoms with van der Waals surface area (Å²) in [5.74, 6) is 1.13. The molecule has 0 aromatic heterocycles. The van der Waals surface area contributed by atoms with Crippen LogP contribution in [0.1, 0.15) is 12.0 Å². The molecule has 0 atom stereocenters. The van der Waals surface area contributed by atoms with Crippen molar-refractivity contribution in [3.8, 4) is 17.2 Å². The number of benzene rings is 2. The number of nitrogens with one attached hydrogen (secondary N) is 1. The molecule has 1 amide bonds. The molecular formula is C17H16ClNO4. The first kappa shape index (κ1) is 15.5. The molecule has 5 nitrogen and oxygen atoms in total. The van der Waals surface area contributed by atoms with E-state index in [9.17, 15) is 9.90 Å². The van der Waals surface area contributed by atoms with Crippen LogP contribution in [0.15, 0.2) is 36.4 Å². The molecule has 120 valence electrons. The van der Waals surface area contributed by atoms with Gasteiger partial charge in [0.1, 0.15) is 5.75 Å². The van der Waals surface area contributed by atoms with Gasteiger partial charge in [0.05, 0.1) is 30.3 Å². The number of carbonyl (C=O) groups is 1. The van der Waals surface area contributed by atoms with E-state index in [0.717, 1.165) is 12.0 Å². The highest BCUT2D eigenvalue weighted by molar-refractivity contribution is 6.34. The summed E-state index contributed by atoms with van der Waals surface area (Å²) in [6.45, 7) is 1.14. The zero-order valence-corrected chi connectivity index (χ0v) is 13.1. The van der Waals surface area contributed by atoms with Gasteiger partial charge in [0, 0.05) is 18.6 Å². The second-order valence-corrected chi connectivity index (χ2v) is 5.63. The minimum atomic E-state index is -0.202. The van der Waals surface area contributed by atoms with Gasteiger partial charge in [0.15, 0.2) is 11.5 Å². The molecule has 6 heteroatoms. The topological polar surface area (TPSA) is 67.8 Å². The van der Waals surface area contributed by atoms with E-state index in [2.05, 4.69) is 5.32 Å². The van der Waals surface area contributed by atoms with Crippen molar-refractivity contribution in [3.63, 3.8) is 0 Å². The third-order valence-electron chi connectivity index (χ3n) is 3.41. The van der Waals surface area contributed by atoms with E-state index in [1.807, 2.05) is 0 Å². The van der Waals surface area contributed by atoms with Crippen LogP contribution in [0.4, 0.5) is 5.69 Å². The Labute approximate surface area is 138 Å². The molecule has 1 heterocycles. The molecule has 0 radical (unpaired) electrons. The lowest BCUT2D eigenvalue weighted by Gasteiger charge is -2.12. The van der Waals surface area contributed by atoms with Crippen LogP contribution in [0.25, 0.3) is 0 Å². The van der Waals surface area contributed by atoms with Crippen molar-refractivity contribution in [2.45, 2.75) is 12.8 Å². The Morgan fingerprint density at radius 3 is 2.48 bits per heavy atom. The molecule has 0 bridgehead atoms. The molecule has 0 saturated heterocycles. The Morgan fingerprint density at radius 2 is 1.78 bits per heavy atom. The fourth-order valence-corrected chi connectivity index (χ4v) is 2.47. The number of phenolic OH excluding ortho intramolecular Hbond substituents is 1. The number of carbonyl (C=O) groups excluding carboxylic acids is 1. The number of aromatic hydroxyl groups is 1. The minimum Gasteiger partial charge on any atom is -0.508 e. The molecule has 2 aromatic rings. The van der Waals surface area contributed by atoms with Gasteiger partial charge in [-0.1, -0.05) is 23.7 Å². The molecule has 1 aliphatic rings. The fraction of sp³-hybridized carbons (Fsp3) is 0.235. The number of hydrogen-bond donors (Lipinski definition) is 2. The molecule has 2 aromatic carbocycles. The first-order valence-corrected chi connectivity index (χ1v) is 7.66. The molecule has 2 N–H and O–H groups in total. The number of anilines is 1. The van der Waals surface area contributed by atoms with E-state index in [1.54, 1.807) is 36.4 Å². The van der Waals surface area contributed by atoms with Gasteiger partial charge in [0.25, 0.3) is 0 Å². The van der Waals surface area contributed by atoms with Crippen molar-refractivity contribution in [3.05, 3.63) is 47.0 Å². The molecule has 3 rings (SSSR count). The van der Waals surface area contributed by atoms with E-state index in [1.165, 1.54) is 0 Å². The van der Waals surface area contributed by atoms with Crippen molar-refractivity contribution >= 4 is 23.2 Å². The van der Waals surface area contributed by atoms with Gasteiger partial charge in [0.2, 0.25) is 5.91 Å². The maximum atomic E-state index is 12.2. The number of ether oxygens (including phenoxy) is 2.